The van der Waals surface area contributed by atoms with Gasteiger partial charge in [0.25, 0.3) is 0 Å². The molecule has 6 nitrogen and oxygen atoms in total. The molecule has 2 rings (SSSR count). The molecular weight excluding hydrogens is 774 g/mol. The van der Waals surface area contributed by atoms with Gasteiger partial charge in [0.2, 0.25) is 0 Å². The van der Waals surface area contributed by atoms with Crippen molar-refractivity contribution in [2.24, 2.45) is 0 Å². The predicted octanol–water partition coefficient (Wildman–Crippen LogP) is 10.5. The zero-order valence-electron chi connectivity index (χ0n) is 34.2. The van der Waals surface area contributed by atoms with Crippen LogP contribution >= 0.6 is 27.5 Å². The van der Waals surface area contributed by atoms with Crippen LogP contribution < -0.4 is 4.74 Å². The minimum atomic E-state index is -2.44. The van der Waals surface area contributed by atoms with E-state index in [9.17, 15) is 5.11 Å². The summed E-state index contributed by atoms with van der Waals surface area (Å²) >= 11 is 10.1. The molecule has 1 saturated heterocycles. The van der Waals surface area contributed by atoms with E-state index in [1.165, 1.54) is 0 Å². The fraction of sp³-hybridized carbons (Fsp3) is 0.675. The van der Waals surface area contributed by atoms with Crippen LogP contribution in [0.2, 0.25) is 59.5 Å². The van der Waals surface area contributed by atoms with Crippen LogP contribution in [0.4, 0.5) is 0 Å². The number of aliphatic hydroxyl groups excluding tert-OH is 1. The number of hydrogen-bond acceptors (Lipinski definition) is 6. The highest BCUT2D eigenvalue weighted by Crippen LogP contribution is 2.43. The Labute approximate surface area is 326 Å². The molecule has 4 atom stereocenters. The third kappa shape index (κ3) is 12.6. The predicted molar refractivity (Wildman–Crippen MR) is 225 cm³/mol. The lowest BCUT2D eigenvalue weighted by Gasteiger charge is -2.45. The van der Waals surface area contributed by atoms with Crippen molar-refractivity contribution in [3.8, 4) is 40.5 Å². The van der Waals surface area contributed by atoms with E-state index in [-0.39, 0.29) is 20.3 Å². The maximum Gasteiger partial charge on any atom is 0.194 e. The van der Waals surface area contributed by atoms with Crippen molar-refractivity contribution in [3.05, 3.63) is 34.0 Å². The molecule has 1 aliphatic heterocycles. The molecule has 1 aromatic heterocycles. The van der Waals surface area contributed by atoms with E-state index in [2.05, 4.69) is 157 Å². The van der Waals surface area contributed by atoms with Gasteiger partial charge in [-0.1, -0.05) is 118 Å². The number of aromatic nitrogens is 1. The normalized spacial score (nSPS) is 19.7. The van der Waals surface area contributed by atoms with Gasteiger partial charge in [0.05, 0.1) is 17.5 Å². The summed E-state index contributed by atoms with van der Waals surface area (Å²) in [5.41, 5.74) is 5.98. The number of ether oxygens (including phenoxy) is 3. The molecule has 0 unspecified atom stereocenters. The Morgan fingerprint density at radius 2 is 1.59 bits per heavy atom. The Hall–Kier alpha value is -1.37. The Morgan fingerprint density at radius 3 is 2.08 bits per heavy atom. The molecule has 0 spiro atoms. The summed E-state index contributed by atoms with van der Waals surface area (Å²) in [5.74, 6) is 13.0. The molecular formula is C40H63BrClNO5Si3. The summed E-state index contributed by atoms with van der Waals surface area (Å²) in [6.07, 6.45) is 1.07. The largest absolute Gasteiger partial charge is 0.479 e. The van der Waals surface area contributed by atoms with Crippen molar-refractivity contribution in [1.29, 1.82) is 0 Å². The summed E-state index contributed by atoms with van der Waals surface area (Å²) in [6.45, 7) is 37.5. The van der Waals surface area contributed by atoms with Gasteiger partial charge in [-0.15, -0.1) is 17.0 Å². The number of aliphatic hydroxyl groups is 1. The van der Waals surface area contributed by atoms with Crippen molar-refractivity contribution in [1.82, 2.24) is 4.98 Å². The SMILES string of the molecule is CC1(C)OC[C@H]([C@](C#C/C(Br)=C/[C@H](Oc2cccnc2Cl)[C@@H](O)C#C[Si](C)(C)C(C)(C)C)(CC#C[Si](C)(C)C(C)(C)C)O[Si](C)(C)C(C)(C)C)O1. The second kappa shape index (κ2) is 16.6. The van der Waals surface area contributed by atoms with Gasteiger partial charge in [0.15, 0.2) is 42.8 Å². The minimum Gasteiger partial charge on any atom is -0.479 e. The molecule has 0 amide bonds. The summed E-state index contributed by atoms with van der Waals surface area (Å²) < 4.78 is 26.7. The average molecular weight is 838 g/mol. The number of allylic oxidation sites excluding steroid dienone is 1. The quantitative estimate of drug-likeness (QED) is 0.160. The van der Waals surface area contributed by atoms with Gasteiger partial charge >= 0.3 is 0 Å². The summed E-state index contributed by atoms with van der Waals surface area (Å²) in [6, 6.07) is 3.44. The van der Waals surface area contributed by atoms with Crippen molar-refractivity contribution < 1.29 is 23.7 Å². The van der Waals surface area contributed by atoms with Crippen molar-refractivity contribution in [2.45, 2.75) is 167 Å². The Morgan fingerprint density at radius 1 is 1.02 bits per heavy atom. The summed E-state index contributed by atoms with van der Waals surface area (Å²) in [7, 11) is -6.40. The first-order valence-electron chi connectivity index (χ1n) is 17.8. The van der Waals surface area contributed by atoms with E-state index in [1.807, 2.05) is 13.8 Å². The maximum absolute atomic E-state index is 11.5. The third-order valence-electron chi connectivity index (χ3n) is 10.8. The van der Waals surface area contributed by atoms with Crippen LogP contribution in [0.1, 0.15) is 82.6 Å². The second-order valence-corrected chi connectivity index (χ2v) is 34.6. The molecule has 284 valence electrons. The fourth-order valence-electron chi connectivity index (χ4n) is 4.15. The zero-order valence-corrected chi connectivity index (χ0v) is 39.6. The van der Waals surface area contributed by atoms with E-state index in [0.717, 1.165) is 0 Å². The van der Waals surface area contributed by atoms with E-state index in [0.29, 0.717) is 23.3 Å². The van der Waals surface area contributed by atoms with Crippen LogP contribution in [0.15, 0.2) is 28.9 Å². The van der Waals surface area contributed by atoms with Gasteiger partial charge in [-0.05, 0) is 76.2 Å². The Bertz CT molecular complexity index is 1600. The highest BCUT2D eigenvalue weighted by molar-refractivity contribution is 9.12. The molecule has 0 saturated carbocycles. The lowest BCUT2D eigenvalue weighted by molar-refractivity contribution is -0.157. The monoisotopic (exact) mass is 835 g/mol. The summed E-state index contributed by atoms with van der Waals surface area (Å²) in [5, 5.41) is 11.7. The minimum absolute atomic E-state index is 0.0200. The van der Waals surface area contributed by atoms with Gasteiger partial charge in [-0.3, -0.25) is 0 Å². The van der Waals surface area contributed by atoms with E-state index in [1.54, 1.807) is 24.4 Å². The number of hydrogen-bond donors (Lipinski definition) is 1. The topological polar surface area (TPSA) is 70.0 Å². The summed E-state index contributed by atoms with van der Waals surface area (Å²) in [4.78, 5) is 4.15. The first-order chi connectivity index (χ1) is 22.8. The van der Waals surface area contributed by atoms with E-state index < -0.39 is 54.2 Å². The number of pyridine rings is 1. The van der Waals surface area contributed by atoms with Crippen LogP contribution in [-0.2, 0) is 13.9 Å². The Kier molecular flexibility index (Phi) is 14.9. The molecule has 1 aliphatic rings. The van der Waals surface area contributed by atoms with Crippen LogP contribution in [0.5, 0.6) is 5.75 Å². The molecule has 11 heteroatoms. The third-order valence-corrected chi connectivity index (χ3v) is 25.1. The number of halogens is 2. The number of nitrogens with zero attached hydrogens (tertiary/aromatic N) is 1. The zero-order chi connectivity index (χ0) is 39.5. The maximum atomic E-state index is 11.5. The van der Waals surface area contributed by atoms with Gasteiger partial charge in [-0.25, -0.2) is 4.98 Å². The van der Waals surface area contributed by atoms with Gasteiger partial charge in [0, 0.05) is 6.20 Å². The Balaban J connectivity index is 2.80. The first-order valence-corrected chi connectivity index (χ1v) is 27.8. The highest BCUT2D eigenvalue weighted by Gasteiger charge is 2.52. The standard InChI is InChI=1S/C40H63BrClNO5Si3/c1-36(2,3)49(12,13)26-19-23-40(34-29-45-39(10,11)47-34,48-51(16,17)38(7,8)9)24-21-30(41)28-33(46-32-20-18-25-43-35(32)42)31(44)22-27-50(14,15)37(4,5)6/h18,20,25,28,31,33-34,44H,23,29H2,1-17H3/b30-28-/t31-,33-,34+,40+/m0/s1. The second-order valence-electron chi connectivity index (χ2n) is 18.7. The molecule has 51 heavy (non-hydrogen) atoms. The van der Waals surface area contributed by atoms with Crippen LogP contribution in [0.3, 0.4) is 0 Å². The van der Waals surface area contributed by atoms with E-state index >= 15 is 0 Å². The molecule has 1 aromatic rings. The first kappa shape index (κ1) is 45.8. The molecule has 0 aliphatic carbocycles. The smallest absolute Gasteiger partial charge is 0.194 e. The van der Waals surface area contributed by atoms with Crippen molar-refractivity contribution in [3.63, 3.8) is 0 Å². The molecule has 1 fully saturated rings. The number of rotatable bonds is 8. The van der Waals surface area contributed by atoms with Crippen LogP contribution in [0.25, 0.3) is 0 Å². The lowest BCUT2D eigenvalue weighted by atomic mass is 9.94. The molecule has 2 heterocycles. The fourth-order valence-corrected chi connectivity index (χ4v) is 7.93. The van der Waals surface area contributed by atoms with Crippen LogP contribution in [0, 0.1) is 34.8 Å². The van der Waals surface area contributed by atoms with Crippen LogP contribution in [-0.4, -0.2) is 70.9 Å². The molecule has 0 aromatic carbocycles. The average Bonchev–Trinajstić information content (AvgIpc) is 3.33. The lowest BCUT2D eigenvalue weighted by Crippen LogP contribution is -2.55. The highest BCUT2D eigenvalue weighted by atomic mass is 79.9. The van der Waals surface area contributed by atoms with Crippen molar-refractivity contribution >= 4 is 52.0 Å². The van der Waals surface area contributed by atoms with Gasteiger partial charge in [0.1, 0.15) is 22.3 Å². The van der Waals surface area contributed by atoms with Crippen molar-refractivity contribution in [2.75, 3.05) is 6.61 Å². The van der Waals surface area contributed by atoms with Gasteiger partial charge < -0.3 is 23.7 Å². The molecule has 0 radical (unpaired) electrons. The molecule has 0 bridgehead atoms. The molecule has 1 N–H and O–H groups in total. The van der Waals surface area contributed by atoms with E-state index in [4.69, 9.17) is 30.2 Å². The van der Waals surface area contributed by atoms with Gasteiger partial charge in [-0.2, -0.15) is 0 Å².